The molecule has 6 nitrogen and oxygen atoms in total. The van der Waals surface area contributed by atoms with E-state index in [1.807, 2.05) is 7.05 Å². The summed E-state index contributed by atoms with van der Waals surface area (Å²) in [4.78, 5) is 2.09. The highest BCUT2D eigenvalue weighted by Crippen LogP contribution is 1.98. The first-order valence-electron chi connectivity index (χ1n) is 4.08. The lowest BCUT2D eigenvalue weighted by molar-refractivity contribution is 0.0868. The Labute approximate surface area is 80.1 Å². The van der Waals surface area contributed by atoms with Crippen molar-refractivity contribution in [1.82, 2.24) is 16.5 Å². The first-order valence-corrected chi connectivity index (χ1v) is 4.08. The fraction of sp³-hybridized carbons (Fsp3) is 1.00. The molecule has 0 aliphatic heterocycles. The van der Waals surface area contributed by atoms with Gasteiger partial charge in [-0.15, -0.1) is 0 Å². The molecule has 0 spiro atoms. The number of hydrogen-bond acceptors (Lipinski definition) is 6. The fourth-order valence-corrected chi connectivity index (χ4v) is 1.02. The van der Waals surface area contributed by atoms with Crippen LogP contribution in [-0.2, 0) is 4.74 Å². The van der Waals surface area contributed by atoms with E-state index in [4.69, 9.17) is 16.3 Å². The van der Waals surface area contributed by atoms with Gasteiger partial charge in [0.05, 0.1) is 18.8 Å². The molecule has 0 fully saturated rings. The van der Waals surface area contributed by atoms with Crippen molar-refractivity contribution in [3.8, 4) is 0 Å². The first kappa shape index (κ1) is 15.2. The second-order valence-electron chi connectivity index (χ2n) is 2.79. The fourth-order valence-electron chi connectivity index (χ4n) is 1.02. The molecule has 0 aromatic rings. The number of nitrogens with one attached hydrogen (secondary N) is 1. The van der Waals surface area contributed by atoms with E-state index in [1.54, 1.807) is 7.11 Å². The topological polar surface area (TPSA) is 112 Å². The van der Waals surface area contributed by atoms with E-state index in [1.165, 1.54) is 0 Å². The van der Waals surface area contributed by atoms with Gasteiger partial charge in [-0.05, 0) is 13.6 Å². The third-order valence-electron chi connectivity index (χ3n) is 2.01. The summed E-state index contributed by atoms with van der Waals surface area (Å²) < 4.78 is 5.03. The second-order valence-corrected chi connectivity index (χ2v) is 2.79. The average molecular weight is 193 g/mol. The minimum atomic E-state index is -0.255. The number of nitrogens with two attached hydrogens (primary N) is 2. The summed E-state index contributed by atoms with van der Waals surface area (Å²) in [5.41, 5.74) is 8.24. The molecule has 0 aliphatic rings. The molecule has 0 saturated heterocycles. The van der Waals surface area contributed by atoms with Crippen molar-refractivity contribution in [3.63, 3.8) is 0 Å². The lowest BCUT2D eigenvalue weighted by Gasteiger charge is -2.30. The third-order valence-corrected chi connectivity index (χ3v) is 2.01. The van der Waals surface area contributed by atoms with Gasteiger partial charge in [0.2, 0.25) is 0 Å². The van der Waals surface area contributed by atoms with Crippen LogP contribution in [0.3, 0.4) is 0 Å². The van der Waals surface area contributed by atoms with Crippen LogP contribution in [0.1, 0.15) is 6.92 Å². The standard InChI is InChI=1S/C7H20N4O.H3N/c1-4-11(2)6(5-12-3)7(8)10-9;/h6-7,10H,4-5,8-9H2,1-3H3;1H3. The number of rotatable bonds is 6. The number of nitrogens with zero attached hydrogens (tertiary/aromatic N) is 1. The molecular weight excluding hydrogens is 170 g/mol. The predicted molar refractivity (Wildman–Crippen MR) is 54.3 cm³/mol. The summed E-state index contributed by atoms with van der Waals surface area (Å²) >= 11 is 0. The molecule has 6 heteroatoms. The molecule has 0 saturated carbocycles. The summed E-state index contributed by atoms with van der Waals surface area (Å²) in [6.07, 6.45) is -0.255. The van der Waals surface area contributed by atoms with E-state index in [2.05, 4.69) is 17.2 Å². The highest BCUT2D eigenvalue weighted by atomic mass is 16.5. The van der Waals surface area contributed by atoms with Gasteiger partial charge in [0.25, 0.3) is 0 Å². The molecule has 0 bridgehead atoms. The maximum Gasteiger partial charge on any atom is 0.0856 e. The third kappa shape index (κ3) is 5.14. The summed E-state index contributed by atoms with van der Waals surface area (Å²) in [5.74, 6) is 5.24. The van der Waals surface area contributed by atoms with Crippen molar-refractivity contribution in [2.45, 2.75) is 19.1 Å². The van der Waals surface area contributed by atoms with Gasteiger partial charge < -0.3 is 16.6 Å². The number of likely N-dealkylation sites (N-methyl/N-ethyl adjacent to an activating group) is 1. The molecule has 8 N–H and O–H groups in total. The zero-order valence-electron chi connectivity index (χ0n) is 8.79. The molecule has 82 valence electrons. The van der Waals surface area contributed by atoms with Crippen LogP contribution in [0.25, 0.3) is 0 Å². The van der Waals surface area contributed by atoms with Crippen LogP contribution in [0.4, 0.5) is 0 Å². The van der Waals surface area contributed by atoms with E-state index in [0.29, 0.717) is 6.61 Å². The molecular formula is C7H23N5O. The molecule has 2 unspecified atom stereocenters. The molecule has 13 heavy (non-hydrogen) atoms. The average Bonchev–Trinajstić information content (AvgIpc) is 2.11. The maximum absolute atomic E-state index is 5.72. The Bertz CT molecular complexity index is 103. The van der Waals surface area contributed by atoms with Gasteiger partial charge in [-0.2, -0.15) is 0 Å². The Kier molecular flexibility index (Phi) is 9.80. The molecule has 0 aromatic carbocycles. The van der Waals surface area contributed by atoms with Gasteiger partial charge in [-0.1, -0.05) is 6.92 Å². The van der Waals surface area contributed by atoms with Crippen molar-refractivity contribution in [2.24, 2.45) is 11.6 Å². The summed E-state index contributed by atoms with van der Waals surface area (Å²) in [5, 5.41) is 0. The van der Waals surface area contributed by atoms with Crippen LogP contribution in [0, 0.1) is 0 Å². The zero-order chi connectivity index (χ0) is 9.56. The Morgan fingerprint density at radius 1 is 1.54 bits per heavy atom. The van der Waals surface area contributed by atoms with E-state index in [0.717, 1.165) is 6.54 Å². The molecule has 2 atom stereocenters. The minimum absolute atomic E-state index is 0. The first-order chi connectivity index (χ1) is 5.67. The van der Waals surface area contributed by atoms with Crippen LogP contribution < -0.4 is 23.2 Å². The van der Waals surface area contributed by atoms with Gasteiger partial charge in [0.1, 0.15) is 0 Å². The van der Waals surface area contributed by atoms with Gasteiger partial charge >= 0.3 is 0 Å². The normalized spacial score (nSPS) is 15.2. The van der Waals surface area contributed by atoms with E-state index in [9.17, 15) is 0 Å². The number of hydrazine groups is 1. The molecule has 0 rings (SSSR count). The Balaban J connectivity index is 0. The van der Waals surface area contributed by atoms with Gasteiger partial charge in [-0.3, -0.25) is 10.7 Å². The monoisotopic (exact) mass is 193 g/mol. The predicted octanol–water partition coefficient (Wildman–Crippen LogP) is -1.14. The van der Waals surface area contributed by atoms with Gasteiger partial charge in [0, 0.05) is 7.11 Å². The van der Waals surface area contributed by atoms with Crippen LogP contribution >= 0.6 is 0 Å². The minimum Gasteiger partial charge on any atom is -0.383 e. The Morgan fingerprint density at radius 2 is 2.08 bits per heavy atom. The quantitative estimate of drug-likeness (QED) is 0.241. The van der Waals surface area contributed by atoms with Crippen molar-refractivity contribution in [2.75, 3.05) is 27.3 Å². The smallest absolute Gasteiger partial charge is 0.0856 e. The van der Waals surface area contributed by atoms with Crippen molar-refractivity contribution >= 4 is 0 Å². The van der Waals surface area contributed by atoms with E-state index >= 15 is 0 Å². The highest BCUT2D eigenvalue weighted by molar-refractivity contribution is 4.76. The summed E-state index contributed by atoms with van der Waals surface area (Å²) in [6.45, 7) is 3.56. The van der Waals surface area contributed by atoms with Crippen molar-refractivity contribution in [1.29, 1.82) is 0 Å². The largest absolute Gasteiger partial charge is 0.383 e. The van der Waals surface area contributed by atoms with Gasteiger partial charge in [-0.25, -0.2) is 5.43 Å². The second kappa shape index (κ2) is 8.36. The Morgan fingerprint density at radius 3 is 2.38 bits per heavy atom. The molecule has 0 radical (unpaired) electrons. The molecule has 0 heterocycles. The van der Waals surface area contributed by atoms with Crippen LogP contribution in [0.2, 0.25) is 0 Å². The number of methoxy groups -OCH3 is 1. The SMILES string of the molecule is CCN(C)C(COC)C(N)NN.N. The van der Waals surface area contributed by atoms with Crippen molar-refractivity contribution in [3.05, 3.63) is 0 Å². The van der Waals surface area contributed by atoms with E-state index < -0.39 is 0 Å². The van der Waals surface area contributed by atoms with Gasteiger partial charge in [0.15, 0.2) is 0 Å². The lowest BCUT2D eigenvalue weighted by Crippen LogP contribution is -2.58. The number of ether oxygens (including phenoxy) is 1. The van der Waals surface area contributed by atoms with Crippen molar-refractivity contribution < 1.29 is 4.74 Å². The molecule has 0 amide bonds. The molecule has 0 aliphatic carbocycles. The number of hydrogen-bond donors (Lipinski definition) is 4. The zero-order valence-corrected chi connectivity index (χ0v) is 8.79. The van der Waals surface area contributed by atoms with Crippen LogP contribution in [-0.4, -0.2) is 44.4 Å². The lowest BCUT2D eigenvalue weighted by atomic mass is 10.2. The van der Waals surface area contributed by atoms with Crippen LogP contribution in [0.15, 0.2) is 0 Å². The maximum atomic E-state index is 5.72. The molecule has 0 aromatic heterocycles. The van der Waals surface area contributed by atoms with E-state index in [-0.39, 0.29) is 18.4 Å². The summed E-state index contributed by atoms with van der Waals surface area (Å²) in [6, 6.07) is 0.116. The van der Waals surface area contributed by atoms with Crippen LogP contribution in [0.5, 0.6) is 0 Å². The summed E-state index contributed by atoms with van der Waals surface area (Å²) in [7, 11) is 3.64. The Hall–Kier alpha value is -0.240. The highest BCUT2D eigenvalue weighted by Gasteiger charge is 2.19.